The van der Waals surface area contributed by atoms with Crippen LogP contribution >= 0.6 is 11.3 Å². The molecule has 1 aromatic heterocycles. The highest BCUT2D eigenvalue weighted by atomic mass is 32.1. The molecular weight excluding hydrogens is 574 g/mol. The van der Waals surface area contributed by atoms with E-state index in [1.54, 1.807) is 18.4 Å². The molecule has 0 radical (unpaired) electrons. The zero-order valence-electron chi connectivity index (χ0n) is 22.9. The number of amides is 1. The molecule has 42 heavy (non-hydrogen) atoms. The van der Waals surface area contributed by atoms with Gasteiger partial charge in [0, 0.05) is 37.2 Å². The van der Waals surface area contributed by atoms with Crippen LogP contribution in [0.1, 0.15) is 37.2 Å². The molecule has 1 aliphatic rings. The van der Waals surface area contributed by atoms with Crippen molar-refractivity contribution < 1.29 is 54.3 Å². The van der Waals surface area contributed by atoms with Crippen LogP contribution in [-0.4, -0.2) is 80.7 Å². The van der Waals surface area contributed by atoms with Gasteiger partial charge in [0.05, 0.1) is 16.7 Å². The maximum absolute atomic E-state index is 12.7. The standard InChI is InChI=1S/C27H33N3O11S/c1-17(37-26(31)19-15-23(40-29(33)34)24(16-19)41-30(35)36)38-27(32)28(2)13-12-22(25-11-6-14-42-25)39-21-10-5-8-18-7-3-4-9-20(18)21/h3-11,14,17,19,22-24,33-36H,12-13,15-16H2,1-2H3/t17?,19?,22-,23?,24?/m0/s1. The largest absolute Gasteiger partial charge is 0.484 e. The maximum atomic E-state index is 12.7. The van der Waals surface area contributed by atoms with Crippen LogP contribution in [0.5, 0.6) is 5.75 Å². The number of fused-ring (bicyclic) bond motifs is 1. The number of esters is 1. The molecule has 1 saturated carbocycles. The monoisotopic (exact) mass is 607 g/mol. The van der Waals surface area contributed by atoms with Gasteiger partial charge in [0.25, 0.3) is 0 Å². The van der Waals surface area contributed by atoms with Crippen LogP contribution in [0, 0.1) is 5.92 Å². The van der Waals surface area contributed by atoms with E-state index in [0.717, 1.165) is 21.4 Å². The number of hydrogen-bond acceptors (Lipinski definition) is 14. The van der Waals surface area contributed by atoms with Gasteiger partial charge in [-0.1, -0.05) is 42.5 Å². The van der Waals surface area contributed by atoms with Gasteiger partial charge in [-0.15, -0.1) is 11.3 Å². The SMILES string of the molecule is CC(OC(=O)C1CC(ON(O)O)C(ON(O)O)C1)OC(=O)N(C)CC[C@H](Oc1cccc2ccccc12)c1cccs1. The number of hydrogen-bond donors (Lipinski definition) is 4. The molecule has 0 saturated heterocycles. The molecule has 3 aromatic rings. The van der Waals surface area contributed by atoms with E-state index in [1.165, 1.54) is 11.8 Å². The quantitative estimate of drug-likeness (QED) is 0.121. The summed E-state index contributed by atoms with van der Waals surface area (Å²) < 4.78 is 17.0. The van der Waals surface area contributed by atoms with Crippen LogP contribution in [0.3, 0.4) is 0 Å². The Morgan fingerprint density at radius 3 is 2.24 bits per heavy atom. The molecule has 4 N–H and O–H groups in total. The lowest BCUT2D eigenvalue weighted by Crippen LogP contribution is -2.35. The first-order valence-electron chi connectivity index (χ1n) is 13.1. The van der Waals surface area contributed by atoms with Crippen LogP contribution in [0.25, 0.3) is 10.8 Å². The summed E-state index contributed by atoms with van der Waals surface area (Å²) in [4.78, 5) is 37.2. The Morgan fingerprint density at radius 1 is 0.929 bits per heavy atom. The van der Waals surface area contributed by atoms with E-state index >= 15 is 0 Å². The molecule has 0 spiro atoms. The highest BCUT2D eigenvalue weighted by molar-refractivity contribution is 7.10. The minimum absolute atomic E-state index is 0.101. The molecule has 1 heterocycles. The third-order valence-electron chi connectivity index (χ3n) is 6.71. The lowest BCUT2D eigenvalue weighted by molar-refractivity contribution is -0.535. The first kappa shape index (κ1) is 31.6. The normalized spacial score (nSPS) is 20.0. The van der Waals surface area contributed by atoms with Crippen molar-refractivity contribution in [2.24, 2.45) is 5.92 Å². The maximum Gasteiger partial charge on any atom is 0.412 e. The van der Waals surface area contributed by atoms with Crippen molar-refractivity contribution in [1.82, 2.24) is 15.7 Å². The first-order valence-corrected chi connectivity index (χ1v) is 14.0. The van der Waals surface area contributed by atoms with E-state index in [0.29, 0.717) is 6.42 Å². The molecule has 14 nitrogen and oxygen atoms in total. The molecule has 1 fully saturated rings. The van der Waals surface area contributed by atoms with Crippen LogP contribution < -0.4 is 4.74 Å². The van der Waals surface area contributed by atoms with E-state index < -0.39 is 47.3 Å². The van der Waals surface area contributed by atoms with Gasteiger partial charge in [0.2, 0.25) is 6.29 Å². The number of thiophene rings is 1. The second kappa shape index (κ2) is 14.7. The van der Waals surface area contributed by atoms with Crippen molar-refractivity contribution in [2.75, 3.05) is 13.6 Å². The zero-order valence-corrected chi connectivity index (χ0v) is 23.7. The van der Waals surface area contributed by atoms with Crippen molar-refractivity contribution >= 4 is 34.2 Å². The summed E-state index contributed by atoms with van der Waals surface area (Å²) in [5.41, 5.74) is 0. The summed E-state index contributed by atoms with van der Waals surface area (Å²) in [5.74, 6) is -0.916. The van der Waals surface area contributed by atoms with Gasteiger partial charge in [-0.05, 0) is 35.7 Å². The Labute approximate surface area is 245 Å². The Balaban J connectivity index is 1.30. The summed E-state index contributed by atoms with van der Waals surface area (Å²) in [6.45, 7) is 1.66. The van der Waals surface area contributed by atoms with Gasteiger partial charge in [-0.2, -0.15) is 0 Å². The second-order valence-corrected chi connectivity index (χ2v) is 10.6. The number of rotatable bonds is 13. The van der Waals surface area contributed by atoms with Crippen molar-refractivity contribution in [3.63, 3.8) is 0 Å². The van der Waals surface area contributed by atoms with Gasteiger partial charge < -0.3 is 19.1 Å². The van der Waals surface area contributed by atoms with Gasteiger partial charge in [0.1, 0.15) is 24.1 Å². The van der Waals surface area contributed by atoms with E-state index in [2.05, 4.69) is 0 Å². The molecule has 2 aromatic carbocycles. The fraction of sp³-hybridized carbons (Fsp3) is 0.407. The van der Waals surface area contributed by atoms with Crippen molar-refractivity contribution in [3.05, 3.63) is 64.9 Å². The van der Waals surface area contributed by atoms with E-state index in [9.17, 15) is 9.59 Å². The topological polar surface area (TPSA) is 171 Å². The fourth-order valence-corrected chi connectivity index (χ4v) is 5.51. The van der Waals surface area contributed by atoms with Crippen LogP contribution in [0.15, 0.2) is 60.0 Å². The van der Waals surface area contributed by atoms with E-state index in [1.807, 2.05) is 60.0 Å². The predicted molar refractivity (Wildman–Crippen MR) is 144 cm³/mol. The molecule has 228 valence electrons. The molecule has 1 aliphatic carbocycles. The number of nitrogens with zero attached hydrogens (tertiary/aromatic N) is 3. The lowest BCUT2D eigenvalue weighted by Gasteiger charge is -2.24. The minimum atomic E-state index is -1.24. The van der Waals surface area contributed by atoms with E-state index in [-0.39, 0.29) is 25.5 Å². The molecular formula is C27H33N3O11S. The Hall–Kier alpha value is -3.38. The second-order valence-electron chi connectivity index (χ2n) is 9.66. The Kier molecular flexibility index (Phi) is 11.0. The molecule has 0 aliphatic heterocycles. The molecule has 3 unspecified atom stereocenters. The molecule has 4 atom stereocenters. The molecule has 15 heteroatoms. The molecule has 4 rings (SSSR count). The van der Waals surface area contributed by atoms with E-state index in [4.69, 9.17) is 44.7 Å². The summed E-state index contributed by atoms with van der Waals surface area (Å²) in [7, 11) is 1.56. The lowest BCUT2D eigenvalue weighted by atomic mass is 10.1. The Bertz CT molecular complexity index is 1290. The highest BCUT2D eigenvalue weighted by Crippen LogP contribution is 2.34. The van der Waals surface area contributed by atoms with Crippen LogP contribution in [-0.2, 0) is 23.9 Å². The summed E-state index contributed by atoms with van der Waals surface area (Å²) in [6.07, 6.45) is -4.25. The van der Waals surface area contributed by atoms with Gasteiger partial charge in [-0.25, -0.2) is 14.5 Å². The average molecular weight is 608 g/mol. The number of ether oxygens (including phenoxy) is 3. The number of benzene rings is 2. The van der Waals surface area contributed by atoms with Gasteiger partial charge >= 0.3 is 12.1 Å². The Morgan fingerprint density at radius 2 is 1.60 bits per heavy atom. The summed E-state index contributed by atoms with van der Waals surface area (Å²) in [6, 6.07) is 17.7. The summed E-state index contributed by atoms with van der Waals surface area (Å²) in [5, 5.41) is 38.6. The van der Waals surface area contributed by atoms with Crippen molar-refractivity contribution in [2.45, 2.75) is 50.8 Å². The average Bonchev–Trinajstić information content (AvgIpc) is 3.61. The predicted octanol–water partition coefficient (Wildman–Crippen LogP) is 4.54. The zero-order chi connectivity index (χ0) is 30.2. The third kappa shape index (κ3) is 8.57. The smallest absolute Gasteiger partial charge is 0.412 e. The van der Waals surface area contributed by atoms with Gasteiger partial charge in [0.15, 0.2) is 0 Å². The number of carbonyl (C=O) groups excluding carboxylic acids is 2. The third-order valence-corrected chi connectivity index (χ3v) is 7.67. The van der Waals surface area contributed by atoms with Crippen LogP contribution in [0.4, 0.5) is 4.79 Å². The molecule has 0 bridgehead atoms. The highest BCUT2D eigenvalue weighted by Gasteiger charge is 2.43. The van der Waals surface area contributed by atoms with Crippen molar-refractivity contribution in [3.8, 4) is 5.75 Å². The minimum Gasteiger partial charge on any atom is -0.484 e. The first-order chi connectivity index (χ1) is 20.1. The van der Waals surface area contributed by atoms with Crippen LogP contribution in [0.2, 0.25) is 0 Å². The van der Waals surface area contributed by atoms with Crippen molar-refractivity contribution in [1.29, 1.82) is 0 Å². The summed E-state index contributed by atoms with van der Waals surface area (Å²) >= 11 is 1.56. The number of carbonyl (C=O) groups is 2. The van der Waals surface area contributed by atoms with Gasteiger partial charge in [-0.3, -0.25) is 25.6 Å². The fourth-order valence-electron chi connectivity index (χ4n) is 4.72. The molecule has 1 amide bonds.